The molecule has 100 valence electrons. The van der Waals surface area contributed by atoms with Crippen LogP contribution in [-0.4, -0.2) is 41.3 Å². The Kier molecular flexibility index (Phi) is 4.14. The van der Waals surface area contributed by atoms with Crippen LogP contribution in [0.5, 0.6) is 12.0 Å². The minimum Gasteiger partial charge on any atom is -0.467 e. The summed E-state index contributed by atoms with van der Waals surface area (Å²) in [7, 11) is 3.01. The van der Waals surface area contributed by atoms with Gasteiger partial charge in [-0.2, -0.15) is 9.97 Å². The van der Waals surface area contributed by atoms with Crippen LogP contribution in [0.15, 0.2) is 0 Å². The molecule has 0 bridgehead atoms. The first-order valence-electron chi connectivity index (χ1n) is 6.09. The van der Waals surface area contributed by atoms with Crippen molar-refractivity contribution in [1.82, 2.24) is 15.0 Å². The van der Waals surface area contributed by atoms with E-state index in [0.29, 0.717) is 5.95 Å². The molecule has 1 aliphatic rings. The molecule has 3 N–H and O–H groups in total. The van der Waals surface area contributed by atoms with Gasteiger partial charge in [0.15, 0.2) is 0 Å². The highest BCUT2D eigenvalue weighted by atomic mass is 16.5. The number of aromatic nitrogens is 3. The largest absolute Gasteiger partial charge is 0.467 e. The van der Waals surface area contributed by atoms with E-state index in [9.17, 15) is 0 Å². The Balaban J connectivity index is 2.12. The van der Waals surface area contributed by atoms with Crippen molar-refractivity contribution in [1.29, 1.82) is 0 Å². The van der Waals surface area contributed by atoms with E-state index in [0.717, 1.165) is 12.8 Å². The smallest absolute Gasteiger partial charge is 0.324 e. The Labute approximate surface area is 106 Å². The minimum absolute atomic E-state index is 0.132. The zero-order chi connectivity index (χ0) is 13.0. The molecule has 0 radical (unpaired) electrons. The second-order valence-electron chi connectivity index (χ2n) is 4.33. The maximum Gasteiger partial charge on any atom is 0.324 e. The van der Waals surface area contributed by atoms with Crippen molar-refractivity contribution in [3.05, 3.63) is 0 Å². The van der Waals surface area contributed by atoms with Crippen LogP contribution in [0.2, 0.25) is 0 Å². The molecule has 0 amide bonds. The van der Waals surface area contributed by atoms with Crippen molar-refractivity contribution in [3.8, 4) is 12.0 Å². The Morgan fingerprint density at radius 3 is 2.22 bits per heavy atom. The number of ether oxygens (including phenoxy) is 2. The Hall–Kier alpha value is -1.63. The van der Waals surface area contributed by atoms with Gasteiger partial charge in [0, 0.05) is 12.1 Å². The summed E-state index contributed by atoms with van der Waals surface area (Å²) in [5.74, 6) is 0.445. The van der Waals surface area contributed by atoms with Gasteiger partial charge in [-0.25, -0.2) is 0 Å². The highest BCUT2D eigenvalue weighted by molar-refractivity contribution is 5.30. The van der Waals surface area contributed by atoms with Gasteiger partial charge in [0.1, 0.15) is 0 Å². The highest BCUT2D eigenvalue weighted by Crippen LogP contribution is 2.21. The lowest BCUT2D eigenvalue weighted by molar-refractivity contribution is 0.339. The lowest BCUT2D eigenvalue weighted by Crippen LogP contribution is -2.43. The maximum absolute atomic E-state index is 6.07. The number of hydrogen-bond acceptors (Lipinski definition) is 7. The number of rotatable bonds is 4. The molecule has 1 aliphatic carbocycles. The second kappa shape index (κ2) is 5.81. The average molecular weight is 253 g/mol. The van der Waals surface area contributed by atoms with E-state index >= 15 is 0 Å². The van der Waals surface area contributed by atoms with Gasteiger partial charge >= 0.3 is 12.0 Å². The maximum atomic E-state index is 6.07. The molecule has 18 heavy (non-hydrogen) atoms. The summed E-state index contributed by atoms with van der Waals surface area (Å²) in [6.45, 7) is 0. The molecule has 0 aliphatic heterocycles. The van der Waals surface area contributed by atoms with Gasteiger partial charge in [0.2, 0.25) is 5.95 Å². The van der Waals surface area contributed by atoms with Crippen molar-refractivity contribution in [2.75, 3.05) is 19.5 Å². The molecule has 7 nitrogen and oxygen atoms in total. The molecular formula is C11H19N5O2. The Morgan fingerprint density at radius 1 is 1.06 bits per heavy atom. The van der Waals surface area contributed by atoms with Gasteiger partial charge in [0.05, 0.1) is 14.2 Å². The SMILES string of the molecule is COc1nc(N[C@@H]2CCCC[C@H]2N)nc(OC)n1. The summed E-state index contributed by atoms with van der Waals surface area (Å²) in [5, 5.41) is 3.23. The van der Waals surface area contributed by atoms with Crippen molar-refractivity contribution in [3.63, 3.8) is 0 Å². The van der Waals surface area contributed by atoms with Crippen LogP contribution in [0, 0.1) is 0 Å². The number of nitrogens with one attached hydrogen (secondary N) is 1. The number of nitrogens with zero attached hydrogens (tertiary/aromatic N) is 3. The van der Waals surface area contributed by atoms with E-state index < -0.39 is 0 Å². The molecular weight excluding hydrogens is 234 g/mol. The summed E-state index contributed by atoms with van der Waals surface area (Å²) in [6, 6.07) is 0.783. The third-order valence-corrected chi connectivity index (χ3v) is 3.09. The molecule has 0 aromatic carbocycles. The molecule has 1 aromatic rings. The first-order chi connectivity index (χ1) is 8.72. The van der Waals surface area contributed by atoms with E-state index in [2.05, 4.69) is 20.3 Å². The monoisotopic (exact) mass is 253 g/mol. The van der Waals surface area contributed by atoms with Gasteiger partial charge in [-0.3, -0.25) is 0 Å². The molecule has 2 atom stereocenters. The van der Waals surface area contributed by atoms with Gasteiger partial charge in [0.25, 0.3) is 0 Å². The molecule has 1 saturated carbocycles. The first-order valence-corrected chi connectivity index (χ1v) is 6.09. The zero-order valence-electron chi connectivity index (χ0n) is 10.7. The van der Waals surface area contributed by atoms with Gasteiger partial charge in [-0.05, 0) is 12.8 Å². The van der Waals surface area contributed by atoms with Gasteiger partial charge < -0.3 is 20.5 Å². The van der Waals surface area contributed by atoms with Crippen molar-refractivity contribution in [2.45, 2.75) is 37.8 Å². The van der Waals surface area contributed by atoms with Gasteiger partial charge in [-0.15, -0.1) is 4.98 Å². The van der Waals surface area contributed by atoms with Crippen LogP contribution in [0.25, 0.3) is 0 Å². The molecule has 1 fully saturated rings. The van der Waals surface area contributed by atoms with Crippen LogP contribution in [-0.2, 0) is 0 Å². The van der Waals surface area contributed by atoms with Crippen LogP contribution in [0.4, 0.5) is 5.95 Å². The summed E-state index contributed by atoms with van der Waals surface area (Å²) in [6.07, 6.45) is 4.41. The normalized spacial score (nSPS) is 23.5. The fourth-order valence-corrected chi connectivity index (χ4v) is 2.09. The molecule has 0 spiro atoms. The predicted octanol–water partition coefficient (Wildman–Crippen LogP) is 0.571. The topological polar surface area (TPSA) is 95.2 Å². The Bertz CT molecular complexity index is 379. The van der Waals surface area contributed by atoms with E-state index in [1.54, 1.807) is 0 Å². The van der Waals surface area contributed by atoms with E-state index in [4.69, 9.17) is 15.2 Å². The summed E-state index contributed by atoms with van der Waals surface area (Å²) in [5.41, 5.74) is 6.07. The lowest BCUT2D eigenvalue weighted by Gasteiger charge is -2.29. The van der Waals surface area contributed by atoms with Crippen LogP contribution in [0.3, 0.4) is 0 Å². The first kappa shape index (κ1) is 12.8. The van der Waals surface area contributed by atoms with Crippen molar-refractivity contribution in [2.24, 2.45) is 5.73 Å². The lowest BCUT2D eigenvalue weighted by atomic mass is 9.91. The van der Waals surface area contributed by atoms with Crippen molar-refractivity contribution < 1.29 is 9.47 Å². The number of hydrogen-bond donors (Lipinski definition) is 2. The van der Waals surface area contributed by atoms with Crippen LogP contribution in [0.1, 0.15) is 25.7 Å². The van der Waals surface area contributed by atoms with Gasteiger partial charge in [-0.1, -0.05) is 12.8 Å². The minimum atomic E-state index is 0.132. The summed E-state index contributed by atoms with van der Waals surface area (Å²) < 4.78 is 10.00. The number of methoxy groups -OCH3 is 2. The third kappa shape index (κ3) is 2.98. The molecule has 7 heteroatoms. The molecule has 0 unspecified atom stereocenters. The second-order valence-corrected chi connectivity index (χ2v) is 4.33. The molecule has 1 aromatic heterocycles. The number of anilines is 1. The van der Waals surface area contributed by atoms with E-state index in [-0.39, 0.29) is 24.1 Å². The van der Waals surface area contributed by atoms with E-state index in [1.807, 2.05) is 0 Å². The standard InChI is InChI=1S/C11H19N5O2/c1-17-10-14-9(15-11(16-10)18-2)13-8-6-4-3-5-7(8)12/h7-8H,3-6,12H2,1-2H3,(H,13,14,15,16)/t7-,8-/m1/s1. The summed E-state index contributed by atoms with van der Waals surface area (Å²) in [4.78, 5) is 12.2. The van der Waals surface area contributed by atoms with E-state index in [1.165, 1.54) is 27.1 Å². The third-order valence-electron chi connectivity index (χ3n) is 3.09. The van der Waals surface area contributed by atoms with Crippen LogP contribution >= 0.6 is 0 Å². The fraction of sp³-hybridized carbons (Fsp3) is 0.727. The van der Waals surface area contributed by atoms with Crippen LogP contribution < -0.4 is 20.5 Å². The fourth-order valence-electron chi connectivity index (χ4n) is 2.09. The zero-order valence-corrected chi connectivity index (χ0v) is 10.7. The molecule has 0 saturated heterocycles. The number of nitrogens with two attached hydrogens (primary N) is 1. The predicted molar refractivity (Wildman–Crippen MR) is 66.8 cm³/mol. The highest BCUT2D eigenvalue weighted by Gasteiger charge is 2.22. The van der Waals surface area contributed by atoms with Crippen molar-refractivity contribution >= 4 is 5.95 Å². The Morgan fingerprint density at radius 2 is 1.67 bits per heavy atom. The molecule has 1 heterocycles. The quantitative estimate of drug-likeness (QED) is 0.809. The summed E-state index contributed by atoms with van der Waals surface area (Å²) >= 11 is 0. The average Bonchev–Trinajstić information content (AvgIpc) is 2.41. The molecule has 2 rings (SSSR count).